The van der Waals surface area contributed by atoms with Crippen LogP contribution in [0.25, 0.3) is 0 Å². The zero-order valence-electron chi connectivity index (χ0n) is 7.38. The highest BCUT2D eigenvalue weighted by Gasteiger charge is 2.13. The highest BCUT2D eigenvalue weighted by atomic mass is 16.5. The first-order valence-corrected chi connectivity index (χ1v) is 3.49. The molecule has 4 nitrogen and oxygen atoms in total. The molecule has 66 valence electrons. The minimum absolute atomic E-state index is 0.0839. The van der Waals surface area contributed by atoms with E-state index in [0.717, 1.165) is 0 Å². The van der Waals surface area contributed by atoms with Crippen LogP contribution in [0.2, 0.25) is 0 Å². The second-order valence-corrected chi connectivity index (χ2v) is 1.97. The maximum atomic E-state index is 11.0. The lowest BCUT2D eigenvalue weighted by molar-refractivity contribution is -0.138. The molecule has 4 heteroatoms. The molecule has 0 aromatic heterocycles. The van der Waals surface area contributed by atoms with Gasteiger partial charge in [-0.15, -0.1) is 0 Å². The molecular weight excluding hydrogens is 158 g/mol. The Morgan fingerprint density at radius 2 is 2.17 bits per heavy atom. The van der Waals surface area contributed by atoms with Crippen LogP contribution in [0.1, 0.15) is 13.8 Å². The number of hydrogen-bond acceptors (Lipinski definition) is 4. The van der Waals surface area contributed by atoms with Gasteiger partial charge in [0.2, 0.25) is 0 Å². The lowest BCUT2D eigenvalue weighted by Gasteiger charge is -2.02. The number of carbonyl (C=O) groups excluding carboxylic acids is 1. The van der Waals surface area contributed by atoms with E-state index in [1.807, 2.05) is 0 Å². The molecule has 0 saturated heterocycles. The van der Waals surface area contributed by atoms with Gasteiger partial charge >= 0.3 is 5.97 Å². The Morgan fingerprint density at radius 1 is 1.58 bits per heavy atom. The molecule has 0 N–H and O–H groups in total. The van der Waals surface area contributed by atoms with Crippen LogP contribution in [0, 0.1) is 11.3 Å². The van der Waals surface area contributed by atoms with E-state index in [-0.39, 0.29) is 17.9 Å². The first kappa shape index (κ1) is 10.5. The summed E-state index contributed by atoms with van der Waals surface area (Å²) in [7, 11) is 1.39. The second-order valence-electron chi connectivity index (χ2n) is 1.97. The summed E-state index contributed by atoms with van der Waals surface area (Å²) in [5.74, 6) is -0.365. The highest BCUT2D eigenvalue weighted by Crippen LogP contribution is 2.05. The Balaban J connectivity index is 4.59. The summed E-state index contributed by atoms with van der Waals surface area (Å²) in [6, 6.07) is 1.72. The minimum Gasteiger partial charge on any atom is -0.500 e. The predicted octanol–water partition coefficient (Wildman–Crippen LogP) is 0.993. The summed E-state index contributed by atoms with van der Waals surface area (Å²) in [5.41, 5.74) is -0.0839. The van der Waals surface area contributed by atoms with Gasteiger partial charge in [-0.1, -0.05) is 0 Å². The fourth-order valence-corrected chi connectivity index (χ4v) is 0.573. The molecule has 0 radical (unpaired) electrons. The summed E-state index contributed by atoms with van der Waals surface area (Å²) < 4.78 is 9.35. The SMILES string of the molecule is CCOC(=O)/C(C#N)=C(/C)OC. The fourth-order valence-electron chi connectivity index (χ4n) is 0.573. The van der Waals surface area contributed by atoms with Crippen molar-refractivity contribution in [2.24, 2.45) is 0 Å². The van der Waals surface area contributed by atoms with Crippen molar-refractivity contribution in [1.29, 1.82) is 5.26 Å². The van der Waals surface area contributed by atoms with Crippen LogP contribution < -0.4 is 0 Å². The van der Waals surface area contributed by atoms with E-state index in [1.165, 1.54) is 14.0 Å². The summed E-state index contributed by atoms with van der Waals surface area (Å²) >= 11 is 0. The first-order chi connectivity index (χ1) is 5.67. The molecule has 0 fully saturated rings. The largest absolute Gasteiger partial charge is 0.500 e. The Kier molecular flexibility index (Phi) is 4.54. The maximum absolute atomic E-state index is 11.0. The molecule has 0 aliphatic heterocycles. The van der Waals surface area contributed by atoms with Gasteiger partial charge in [-0.3, -0.25) is 0 Å². The Morgan fingerprint density at radius 3 is 2.50 bits per heavy atom. The number of allylic oxidation sites excluding steroid dienone is 1. The normalized spacial score (nSPS) is 11.2. The lowest BCUT2D eigenvalue weighted by atomic mass is 10.2. The average molecular weight is 169 g/mol. The van der Waals surface area contributed by atoms with Crippen molar-refractivity contribution in [1.82, 2.24) is 0 Å². The molecule has 0 aliphatic rings. The van der Waals surface area contributed by atoms with Crippen molar-refractivity contribution in [3.63, 3.8) is 0 Å². The monoisotopic (exact) mass is 169 g/mol. The molecule has 0 atom stereocenters. The van der Waals surface area contributed by atoms with E-state index >= 15 is 0 Å². The van der Waals surface area contributed by atoms with Crippen molar-refractivity contribution in [2.45, 2.75) is 13.8 Å². The quantitative estimate of drug-likeness (QED) is 0.273. The van der Waals surface area contributed by atoms with E-state index in [4.69, 9.17) is 10.00 Å². The number of rotatable bonds is 3. The summed E-state index contributed by atoms with van der Waals surface area (Å²) in [5, 5.41) is 8.54. The maximum Gasteiger partial charge on any atom is 0.352 e. The van der Waals surface area contributed by atoms with Gasteiger partial charge < -0.3 is 9.47 Å². The Hall–Kier alpha value is -1.50. The van der Waals surface area contributed by atoms with Crippen LogP contribution in [0.4, 0.5) is 0 Å². The van der Waals surface area contributed by atoms with Gasteiger partial charge in [-0.2, -0.15) is 5.26 Å². The highest BCUT2D eigenvalue weighted by molar-refractivity contribution is 5.93. The van der Waals surface area contributed by atoms with E-state index < -0.39 is 5.97 Å². The standard InChI is InChI=1S/C8H11NO3/c1-4-12-8(10)7(5-9)6(2)11-3/h4H2,1-3H3/b7-6-. The van der Waals surface area contributed by atoms with Gasteiger partial charge in [0.05, 0.1) is 13.7 Å². The molecule has 0 aromatic rings. The van der Waals surface area contributed by atoms with Crippen molar-refractivity contribution in [3.05, 3.63) is 11.3 Å². The molecule has 0 amide bonds. The summed E-state index contributed by atoms with van der Waals surface area (Å²) in [4.78, 5) is 11.0. The van der Waals surface area contributed by atoms with E-state index in [0.29, 0.717) is 0 Å². The van der Waals surface area contributed by atoms with Gasteiger partial charge in [0.1, 0.15) is 11.8 Å². The molecule has 0 heterocycles. The number of methoxy groups -OCH3 is 1. The van der Waals surface area contributed by atoms with Gasteiger partial charge in [0.15, 0.2) is 5.57 Å². The zero-order valence-corrected chi connectivity index (χ0v) is 7.38. The molecule has 0 aliphatic carbocycles. The smallest absolute Gasteiger partial charge is 0.352 e. The number of esters is 1. The van der Waals surface area contributed by atoms with Gasteiger partial charge in [0, 0.05) is 0 Å². The Labute approximate surface area is 71.4 Å². The first-order valence-electron chi connectivity index (χ1n) is 3.49. The van der Waals surface area contributed by atoms with Crippen molar-refractivity contribution in [2.75, 3.05) is 13.7 Å². The lowest BCUT2D eigenvalue weighted by Crippen LogP contribution is -2.08. The van der Waals surface area contributed by atoms with E-state index in [2.05, 4.69) is 4.74 Å². The topological polar surface area (TPSA) is 59.3 Å². The summed E-state index contributed by atoms with van der Waals surface area (Å²) in [6.45, 7) is 3.46. The number of carbonyl (C=O) groups is 1. The molecule has 12 heavy (non-hydrogen) atoms. The molecule has 0 bridgehead atoms. The molecule has 0 aromatic carbocycles. The van der Waals surface area contributed by atoms with Crippen LogP contribution >= 0.6 is 0 Å². The van der Waals surface area contributed by atoms with Crippen LogP contribution in [0.3, 0.4) is 0 Å². The molecule has 0 rings (SSSR count). The third-order valence-corrected chi connectivity index (χ3v) is 1.25. The van der Waals surface area contributed by atoms with Crippen LogP contribution in [0.15, 0.2) is 11.3 Å². The molecule has 0 unspecified atom stereocenters. The molecule has 0 saturated carbocycles. The summed E-state index contributed by atoms with van der Waals surface area (Å²) in [6.07, 6.45) is 0. The van der Waals surface area contributed by atoms with Crippen molar-refractivity contribution in [3.8, 4) is 6.07 Å². The number of hydrogen-bond donors (Lipinski definition) is 0. The van der Waals surface area contributed by atoms with Crippen LogP contribution in [0.5, 0.6) is 0 Å². The number of ether oxygens (including phenoxy) is 2. The van der Waals surface area contributed by atoms with Gasteiger partial charge in [-0.25, -0.2) is 4.79 Å². The minimum atomic E-state index is -0.639. The fraction of sp³-hybridized carbons (Fsp3) is 0.500. The van der Waals surface area contributed by atoms with E-state index in [1.54, 1.807) is 13.0 Å². The number of nitriles is 1. The number of nitrogens with zero attached hydrogens (tertiary/aromatic N) is 1. The second kappa shape index (κ2) is 5.19. The van der Waals surface area contributed by atoms with E-state index in [9.17, 15) is 4.79 Å². The molecule has 0 spiro atoms. The van der Waals surface area contributed by atoms with Gasteiger partial charge in [0.25, 0.3) is 0 Å². The van der Waals surface area contributed by atoms with Crippen LogP contribution in [-0.4, -0.2) is 19.7 Å². The van der Waals surface area contributed by atoms with Gasteiger partial charge in [-0.05, 0) is 13.8 Å². The van der Waals surface area contributed by atoms with Crippen molar-refractivity contribution < 1.29 is 14.3 Å². The van der Waals surface area contributed by atoms with Crippen molar-refractivity contribution >= 4 is 5.97 Å². The van der Waals surface area contributed by atoms with Crippen LogP contribution in [-0.2, 0) is 14.3 Å². The third kappa shape index (κ3) is 2.62. The molecular formula is C8H11NO3. The third-order valence-electron chi connectivity index (χ3n) is 1.25. The Bertz CT molecular complexity index is 237. The average Bonchev–Trinajstić information content (AvgIpc) is 2.06. The predicted molar refractivity (Wildman–Crippen MR) is 42.0 cm³/mol. The zero-order chi connectivity index (χ0) is 9.56.